The number of para-hydroxylation sites is 1. The van der Waals surface area contributed by atoms with Gasteiger partial charge in [-0.05, 0) is 61.1 Å². The van der Waals surface area contributed by atoms with Crippen molar-refractivity contribution in [2.24, 2.45) is 0 Å². The van der Waals surface area contributed by atoms with E-state index >= 15 is 0 Å². The van der Waals surface area contributed by atoms with Crippen LogP contribution in [0.3, 0.4) is 0 Å². The highest BCUT2D eigenvalue weighted by atomic mass is 32.2. The van der Waals surface area contributed by atoms with E-state index in [0.29, 0.717) is 13.1 Å². The minimum atomic E-state index is -3.64. The van der Waals surface area contributed by atoms with Gasteiger partial charge in [-0.2, -0.15) is 4.31 Å². The van der Waals surface area contributed by atoms with Crippen LogP contribution in [0.1, 0.15) is 37.3 Å². The Hall–Kier alpha value is -2.38. The van der Waals surface area contributed by atoms with E-state index in [1.165, 1.54) is 17.1 Å². The summed E-state index contributed by atoms with van der Waals surface area (Å²) < 4.78 is 28.0. The van der Waals surface area contributed by atoms with Crippen LogP contribution in [0, 0.1) is 0 Å². The van der Waals surface area contributed by atoms with E-state index in [1.807, 2.05) is 18.2 Å². The molecule has 30 heavy (non-hydrogen) atoms. The number of benzene rings is 2. The van der Waals surface area contributed by atoms with Gasteiger partial charge in [0.1, 0.15) is 0 Å². The lowest BCUT2D eigenvalue weighted by Gasteiger charge is -2.29. The zero-order valence-electron chi connectivity index (χ0n) is 17.7. The van der Waals surface area contributed by atoms with Crippen LogP contribution in [-0.4, -0.2) is 45.3 Å². The van der Waals surface area contributed by atoms with E-state index in [9.17, 15) is 13.2 Å². The van der Waals surface area contributed by atoms with Gasteiger partial charge < -0.3 is 9.80 Å². The molecule has 0 spiro atoms. The van der Waals surface area contributed by atoms with Gasteiger partial charge in [-0.1, -0.05) is 18.2 Å². The third-order valence-electron chi connectivity index (χ3n) is 6.09. The maximum Gasteiger partial charge on any atom is 0.243 e. The fourth-order valence-electron chi connectivity index (χ4n) is 4.48. The molecule has 7 heteroatoms. The molecule has 160 valence electrons. The first-order chi connectivity index (χ1) is 14.4. The molecule has 2 aliphatic heterocycles. The van der Waals surface area contributed by atoms with Crippen molar-refractivity contribution in [2.75, 3.05) is 36.5 Å². The molecule has 0 aliphatic carbocycles. The van der Waals surface area contributed by atoms with E-state index in [2.05, 4.69) is 11.0 Å². The second-order valence-corrected chi connectivity index (χ2v) is 10.2. The molecule has 1 amide bonds. The monoisotopic (exact) mass is 427 g/mol. The average Bonchev–Trinajstić information content (AvgIpc) is 3.27. The third kappa shape index (κ3) is 3.96. The third-order valence-corrected chi connectivity index (χ3v) is 7.89. The van der Waals surface area contributed by atoms with Gasteiger partial charge in [-0.25, -0.2) is 8.42 Å². The summed E-state index contributed by atoms with van der Waals surface area (Å²) in [6, 6.07) is 13.2. The molecule has 0 atom stereocenters. The predicted molar refractivity (Wildman–Crippen MR) is 119 cm³/mol. The van der Waals surface area contributed by atoms with Crippen molar-refractivity contribution in [1.29, 1.82) is 0 Å². The Morgan fingerprint density at radius 1 is 1.00 bits per heavy atom. The van der Waals surface area contributed by atoms with Crippen LogP contribution in [0.2, 0.25) is 0 Å². The van der Waals surface area contributed by atoms with Gasteiger partial charge >= 0.3 is 0 Å². The van der Waals surface area contributed by atoms with Crippen molar-refractivity contribution in [1.82, 2.24) is 4.31 Å². The van der Waals surface area contributed by atoms with Crippen LogP contribution >= 0.6 is 0 Å². The minimum absolute atomic E-state index is 0.0119. The smallest absolute Gasteiger partial charge is 0.243 e. The van der Waals surface area contributed by atoms with Crippen LogP contribution in [-0.2, 0) is 27.8 Å². The molecule has 0 bridgehead atoms. The number of amides is 1. The number of hydrogen-bond donors (Lipinski definition) is 0. The van der Waals surface area contributed by atoms with Crippen molar-refractivity contribution in [2.45, 2.75) is 44.0 Å². The lowest BCUT2D eigenvalue weighted by atomic mass is 10.0. The topological polar surface area (TPSA) is 60.9 Å². The number of carbonyl (C=O) groups excluding carboxylic acids is 1. The molecule has 2 aromatic carbocycles. The lowest BCUT2D eigenvalue weighted by Crippen LogP contribution is -2.34. The molecule has 2 aromatic rings. The summed E-state index contributed by atoms with van der Waals surface area (Å²) in [6.45, 7) is 4.59. The number of fused-ring (bicyclic) bond motifs is 1. The molecule has 2 heterocycles. The molecule has 0 saturated carbocycles. The van der Waals surface area contributed by atoms with Gasteiger partial charge in [0.25, 0.3) is 0 Å². The summed E-state index contributed by atoms with van der Waals surface area (Å²) in [6.07, 6.45) is 3.98. The van der Waals surface area contributed by atoms with E-state index in [-0.39, 0.29) is 10.8 Å². The summed E-state index contributed by atoms with van der Waals surface area (Å²) in [5, 5.41) is 0. The quantitative estimate of drug-likeness (QED) is 0.734. The van der Waals surface area contributed by atoms with Crippen LogP contribution in [0.5, 0.6) is 0 Å². The average molecular weight is 428 g/mol. The summed E-state index contributed by atoms with van der Waals surface area (Å²) in [5.41, 5.74) is 3.89. The summed E-state index contributed by atoms with van der Waals surface area (Å²) in [5.74, 6) is -0.0119. The van der Waals surface area contributed by atoms with Gasteiger partial charge in [0.15, 0.2) is 0 Å². The summed E-state index contributed by atoms with van der Waals surface area (Å²) in [4.78, 5) is 16.2. The van der Waals surface area contributed by atoms with Gasteiger partial charge in [-0.3, -0.25) is 4.79 Å². The first kappa shape index (κ1) is 20.9. The van der Waals surface area contributed by atoms with Crippen LogP contribution in [0.15, 0.2) is 47.4 Å². The molecule has 0 radical (unpaired) electrons. The number of sulfonamides is 1. The maximum atomic E-state index is 13.3. The fourth-order valence-corrected chi connectivity index (χ4v) is 5.68. The van der Waals surface area contributed by atoms with Gasteiger partial charge in [0.05, 0.1) is 4.90 Å². The van der Waals surface area contributed by atoms with E-state index < -0.39 is 10.0 Å². The van der Waals surface area contributed by atoms with Gasteiger partial charge in [0, 0.05) is 51.5 Å². The molecular weight excluding hydrogens is 398 g/mol. The Morgan fingerprint density at radius 3 is 2.47 bits per heavy atom. The molecule has 6 nitrogen and oxygen atoms in total. The highest BCUT2D eigenvalue weighted by Gasteiger charge is 2.26. The van der Waals surface area contributed by atoms with E-state index in [1.54, 1.807) is 37.1 Å². The zero-order chi connectivity index (χ0) is 21.3. The highest BCUT2D eigenvalue weighted by molar-refractivity contribution is 7.89. The Morgan fingerprint density at radius 2 is 1.73 bits per heavy atom. The van der Waals surface area contributed by atoms with E-state index in [0.717, 1.165) is 48.4 Å². The summed E-state index contributed by atoms with van der Waals surface area (Å²) >= 11 is 0. The van der Waals surface area contributed by atoms with Crippen LogP contribution in [0.25, 0.3) is 0 Å². The number of rotatable bonds is 5. The van der Waals surface area contributed by atoms with Crippen molar-refractivity contribution in [3.8, 4) is 0 Å². The second-order valence-electron chi connectivity index (χ2n) is 8.15. The number of anilines is 2. The number of nitrogens with zero attached hydrogens (tertiary/aromatic N) is 3. The number of hydrogen-bond acceptors (Lipinski definition) is 4. The van der Waals surface area contributed by atoms with Crippen molar-refractivity contribution < 1.29 is 13.2 Å². The Balaban J connectivity index is 1.59. The van der Waals surface area contributed by atoms with Crippen LogP contribution in [0.4, 0.5) is 11.4 Å². The Labute approximate surface area is 179 Å². The van der Waals surface area contributed by atoms with Crippen molar-refractivity contribution in [3.63, 3.8) is 0 Å². The summed E-state index contributed by atoms with van der Waals surface area (Å²) in [7, 11) is -2.00. The molecule has 0 unspecified atom stereocenters. The lowest BCUT2D eigenvalue weighted by molar-refractivity contribution is -0.116. The molecule has 1 saturated heterocycles. The molecule has 0 aromatic heterocycles. The van der Waals surface area contributed by atoms with Crippen molar-refractivity contribution in [3.05, 3.63) is 53.6 Å². The largest absolute Gasteiger partial charge is 0.371 e. The predicted octanol–water partition coefficient (Wildman–Crippen LogP) is 3.41. The minimum Gasteiger partial charge on any atom is -0.371 e. The molecule has 4 rings (SSSR count). The highest BCUT2D eigenvalue weighted by Crippen LogP contribution is 2.31. The van der Waals surface area contributed by atoms with Crippen LogP contribution < -0.4 is 9.80 Å². The van der Waals surface area contributed by atoms with Gasteiger partial charge in [-0.15, -0.1) is 0 Å². The van der Waals surface area contributed by atoms with Crippen molar-refractivity contribution >= 4 is 27.3 Å². The molecule has 2 aliphatic rings. The number of aryl methyl sites for hydroxylation is 1. The number of carbonyl (C=O) groups is 1. The van der Waals surface area contributed by atoms with Gasteiger partial charge in [0.2, 0.25) is 15.9 Å². The maximum absolute atomic E-state index is 13.3. The normalized spacial score (nSPS) is 16.8. The first-order valence-corrected chi connectivity index (χ1v) is 12.0. The second kappa shape index (κ2) is 8.40. The Kier molecular flexibility index (Phi) is 5.84. The molecule has 0 N–H and O–H groups in total. The van der Waals surface area contributed by atoms with E-state index in [4.69, 9.17) is 0 Å². The fraction of sp³-hybridized carbons (Fsp3) is 0.435. The zero-order valence-corrected chi connectivity index (χ0v) is 18.5. The molecular formula is C23H29N3O3S. The molecule has 1 fully saturated rings. The standard InChI is InChI=1S/C23H29N3O3S/c1-18(27)26-15-7-9-19-16-21(11-12-23(19)26)30(28,29)24(2)17-20-8-3-4-10-22(20)25-13-5-6-14-25/h3-4,8,10-12,16H,5-7,9,13-15,17H2,1-2H3. The SMILES string of the molecule is CC(=O)N1CCCc2cc(S(=O)(=O)N(C)Cc3ccccc3N3CCCC3)ccc21. The Bertz CT molecular complexity index is 1050. The first-order valence-electron chi connectivity index (χ1n) is 10.6.